The molecule has 25 heavy (non-hydrogen) atoms. The lowest BCUT2D eigenvalue weighted by molar-refractivity contribution is -0.151. The highest BCUT2D eigenvalue weighted by atomic mass is 19.1. The van der Waals surface area contributed by atoms with Crippen LogP contribution in [-0.2, 0) is 9.59 Å². The van der Waals surface area contributed by atoms with E-state index in [1.807, 2.05) is 4.90 Å². The normalized spacial score (nSPS) is 21.0. The van der Waals surface area contributed by atoms with Crippen molar-refractivity contribution in [2.24, 2.45) is 5.92 Å². The highest BCUT2D eigenvalue weighted by Gasteiger charge is 2.39. The molecule has 136 valence electrons. The van der Waals surface area contributed by atoms with Gasteiger partial charge >= 0.3 is 0 Å². The number of hydrogen-bond acceptors (Lipinski definition) is 3. The number of rotatable bonds is 5. The van der Waals surface area contributed by atoms with Gasteiger partial charge in [0.2, 0.25) is 5.91 Å². The van der Waals surface area contributed by atoms with Gasteiger partial charge in [0.25, 0.3) is 5.91 Å². The Kier molecular flexibility index (Phi) is 5.56. The van der Waals surface area contributed by atoms with Crippen molar-refractivity contribution in [3.8, 4) is 5.75 Å². The molecule has 2 saturated heterocycles. The summed E-state index contributed by atoms with van der Waals surface area (Å²) in [5, 5.41) is 0. The van der Waals surface area contributed by atoms with E-state index in [-0.39, 0.29) is 30.1 Å². The topological polar surface area (TPSA) is 49.9 Å². The molecule has 2 amide bonds. The van der Waals surface area contributed by atoms with E-state index in [4.69, 9.17) is 4.74 Å². The SMILES string of the molecule is CCC1CCCCN1C(=O)C1CN(C(=O)COc2ccccc2F)C1. The number of para-hydroxylation sites is 1. The molecule has 1 unspecified atom stereocenters. The van der Waals surface area contributed by atoms with Crippen LogP contribution in [0.1, 0.15) is 32.6 Å². The number of nitrogens with zero attached hydrogens (tertiary/aromatic N) is 2. The first kappa shape index (κ1) is 17.7. The van der Waals surface area contributed by atoms with Crippen molar-refractivity contribution in [2.45, 2.75) is 38.6 Å². The second-order valence-corrected chi connectivity index (χ2v) is 6.80. The summed E-state index contributed by atoms with van der Waals surface area (Å²) >= 11 is 0. The summed E-state index contributed by atoms with van der Waals surface area (Å²) in [4.78, 5) is 28.4. The van der Waals surface area contributed by atoms with Crippen molar-refractivity contribution in [1.29, 1.82) is 0 Å². The fourth-order valence-corrected chi connectivity index (χ4v) is 3.58. The van der Waals surface area contributed by atoms with Crippen molar-refractivity contribution in [3.05, 3.63) is 30.1 Å². The molecular formula is C19H25FN2O3. The lowest BCUT2D eigenvalue weighted by atomic mass is 9.93. The third kappa shape index (κ3) is 3.94. The Morgan fingerprint density at radius 2 is 2.00 bits per heavy atom. The summed E-state index contributed by atoms with van der Waals surface area (Å²) in [6.45, 7) is 3.62. The van der Waals surface area contributed by atoms with Crippen LogP contribution >= 0.6 is 0 Å². The van der Waals surface area contributed by atoms with Gasteiger partial charge < -0.3 is 14.5 Å². The minimum absolute atomic E-state index is 0.0723. The lowest BCUT2D eigenvalue weighted by Crippen LogP contribution is -2.59. The number of likely N-dealkylation sites (tertiary alicyclic amines) is 2. The number of amides is 2. The largest absolute Gasteiger partial charge is 0.481 e. The molecule has 0 aromatic heterocycles. The Morgan fingerprint density at radius 3 is 2.72 bits per heavy atom. The standard InChI is InChI=1S/C19H25FN2O3/c1-2-15-7-5-6-10-22(15)19(24)14-11-21(12-14)18(23)13-25-17-9-4-3-8-16(17)20/h3-4,8-9,14-15H,2,5-7,10-13H2,1H3. The van der Waals surface area contributed by atoms with Gasteiger partial charge in [0.1, 0.15) is 0 Å². The van der Waals surface area contributed by atoms with Crippen molar-refractivity contribution in [3.63, 3.8) is 0 Å². The van der Waals surface area contributed by atoms with Gasteiger partial charge in [-0.05, 0) is 37.8 Å². The van der Waals surface area contributed by atoms with Crippen LogP contribution in [0, 0.1) is 11.7 Å². The van der Waals surface area contributed by atoms with Crippen LogP contribution in [0.3, 0.4) is 0 Å². The van der Waals surface area contributed by atoms with E-state index in [0.717, 1.165) is 25.8 Å². The molecule has 1 aromatic carbocycles. The minimum Gasteiger partial charge on any atom is -0.481 e. The third-order valence-electron chi connectivity index (χ3n) is 5.15. The number of ether oxygens (including phenoxy) is 1. The monoisotopic (exact) mass is 348 g/mol. The zero-order valence-electron chi connectivity index (χ0n) is 14.6. The zero-order valence-corrected chi connectivity index (χ0v) is 14.6. The van der Waals surface area contributed by atoms with E-state index in [9.17, 15) is 14.0 Å². The van der Waals surface area contributed by atoms with Gasteiger partial charge in [-0.3, -0.25) is 9.59 Å². The first-order valence-electron chi connectivity index (χ1n) is 9.05. The van der Waals surface area contributed by atoms with Crippen LogP contribution in [0.4, 0.5) is 4.39 Å². The predicted octanol–water partition coefficient (Wildman–Crippen LogP) is 2.45. The second-order valence-electron chi connectivity index (χ2n) is 6.80. The van der Waals surface area contributed by atoms with Gasteiger partial charge in [-0.2, -0.15) is 0 Å². The number of piperidine rings is 1. The maximum Gasteiger partial charge on any atom is 0.260 e. The zero-order chi connectivity index (χ0) is 17.8. The number of carbonyl (C=O) groups excluding carboxylic acids is 2. The summed E-state index contributed by atoms with van der Waals surface area (Å²) in [5.41, 5.74) is 0. The van der Waals surface area contributed by atoms with E-state index < -0.39 is 5.82 Å². The Morgan fingerprint density at radius 1 is 1.24 bits per heavy atom. The predicted molar refractivity (Wildman–Crippen MR) is 91.6 cm³/mol. The van der Waals surface area contributed by atoms with Gasteiger partial charge in [0, 0.05) is 25.7 Å². The van der Waals surface area contributed by atoms with Crippen LogP contribution in [0.2, 0.25) is 0 Å². The Labute approximate surface area is 147 Å². The Balaban J connectivity index is 1.46. The van der Waals surface area contributed by atoms with Gasteiger partial charge in [-0.15, -0.1) is 0 Å². The maximum absolute atomic E-state index is 13.5. The maximum atomic E-state index is 13.5. The Hall–Kier alpha value is -2.11. The molecule has 0 saturated carbocycles. The number of carbonyl (C=O) groups is 2. The summed E-state index contributed by atoms with van der Waals surface area (Å²) in [7, 11) is 0. The van der Waals surface area contributed by atoms with Crippen LogP contribution in [0.25, 0.3) is 0 Å². The van der Waals surface area contributed by atoms with E-state index in [2.05, 4.69) is 6.92 Å². The average Bonchev–Trinajstić information content (AvgIpc) is 2.59. The summed E-state index contributed by atoms with van der Waals surface area (Å²) < 4.78 is 18.7. The summed E-state index contributed by atoms with van der Waals surface area (Å²) in [5.74, 6) is -0.557. The van der Waals surface area contributed by atoms with E-state index >= 15 is 0 Å². The molecule has 1 atom stereocenters. The average molecular weight is 348 g/mol. The molecule has 2 heterocycles. The van der Waals surface area contributed by atoms with Crippen molar-refractivity contribution in [2.75, 3.05) is 26.2 Å². The number of hydrogen-bond donors (Lipinski definition) is 0. The smallest absolute Gasteiger partial charge is 0.260 e. The molecule has 5 nitrogen and oxygen atoms in total. The van der Waals surface area contributed by atoms with E-state index in [0.29, 0.717) is 19.1 Å². The van der Waals surface area contributed by atoms with Gasteiger partial charge in [0.15, 0.2) is 18.2 Å². The van der Waals surface area contributed by atoms with E-state index in [1.165, 1.54) is 18.6 Å². The molecule has 1 aromatic rings. The molecule has 0 N–H and O–H groups in total. The molecular weight excluding hydrogens is 323 g/mol. The molecule has 0 radical (unpaired) electrons. The van der Waals surface area contributed by atoms with Gasteiger partial charge in [0.05, 0.1) is 5.92 Å². The fourth-order valence-electron chi connectivity index (χ4n) is 3.58. The van der Waals surface area contributed by atoms with Crippen molar-refractivity contribution >= 4 is 11.8 Å². The minimum atomic E-state index is -0.484. The van der Waals surface area contributed by atoms with Gasteiger partial charge in [-0.25, -0.2) is 4.39 Å². The quantitative estimate of drug-likeness (QED) is 0.821. The molecule has 3 rings (SSSR count). The van der Waals surface area contributed by atoms with E-state index in [1.54, 1.807) is 17.0 Å². The van der Waals surface area contributed by atoms with Crippen LogP contribution in [0.15, 0.2) is 24.3 Å². The second kappa shape index (κ2) is 7.85. The van der Waals surface area contributed by atoms with Crippen molar-refractivity contribution < 1.29 is 18.7 Å². The molecule has 0 aliphatic carbocycles. The first-order valence-corrected chi connectivity index (χ1v) is 9.05. The van der Waals surface area contributed by atoms with Crippen LogP contribution < -0.4 is 4.74 Å². The highest BCUT2D eigenvalue weighted by molar-refractivity contribution is 5.85. The lowest BCUT2D eigenvalue weighted by Gasteiger charge is -2.43. The molecule has 2 fully saturated rings. The summed E-state index contributed by atoms with van der Waals surface area (Å²) in [6, 6.07) is 6.35. The number of halogens is 1. The Bertz CT molecular complexity index is 631. The molecule has 0 bridgehead atoms. The van der Waals surface area contributed by atoms with Gasteiger partial charge in [-0.1, -0.05) is 19.1 Å². The fraction of sp³-hybridized carbons (Fsp3) is 0.579. The molecule has 0 spiro atoms. The van der Waals surface area contributed by atoms with Crippen LogP contribution in [-0.4, -0.2) is 53.9 Å². The van der Waals surface area contributed by atoms with Crippen molar-refractivity contribution in [1.82, 2.24) is 9.80 Å². The molecule has 2 aliphatic heterocycles. The first-order chi connectivity index (χ1) is 12.1. The molecule has 2 aliphatic rings. The molecule has 6 heteroatoms. The summed E-state index contributed by atoms with van der Waals surface area (Å²) in [6.07, 6.45) is 4.31. The van der Waals surface area contributed by atoms with Crippen LogP contribution in [0.5, 0.6) is 5.75 Å². The highest BCUT2D eigenvalue weighted by Crippen LogP contribution is 2.25. The number of benzene rings is 1. The third-order valence-corrected chi connectivity index (χ3v) is 5.15.